The molecule has 0 N–H and O–H groups in total. The first-order valence-electron chi connectivity index (χ1n) is 6.73. The predicted molar refractivity (Wildman–Crippen MR) is 87.4 cm³/mol. The van der Waals surface area contributed by atoms with Crippen LogP contribution in [0.3, 0.4) is 0 Å². The molecule has 0 atom stereocenters. The molecule has 20 heavy (non-hydrogen) atoms. The Morgan fingerprint density at radius 3 is 1.45 bits per heavy atom. The quantitative estimate of drug-likeness (QED) is 0.702. The van der Waals surface area contributed by atoms with E-state index in [4.69, 9.17) is 0 Å². The molecule has 108 valence electrons. The van der Waals surface area contributed by atoms with E-state index in [-0.39, 0.29) is 11.6 Å². The summed E-state index contributed by atoms with van der Waals surface area (Å²) in [5.74, 6) is 0.129. The largest absolute Gasteiger partial charge is 0.293 e. The van der Waals surface area contributed by atoms with Gasteiger partial charge in [-0.1, -0.05) is 13.8 Å². The normalized spacial score (nSPS) is 9.80. The van der Waals surface area contributed by atoms with Crippen LogP contribution < -0.4 is 0 Å². The van der Waals surface area contributed by atoms with E-state index < -0.39 is 0 Å². The molecule has 2 aromatic rings. The van der Waals surface area contributed by atoms with Gasteiger partial charge in [-0.25, -0.2) is 0 Å². The number of Topliss-reactive ketones (excluding diaryl/α,β-unsaturated/α-hetero) is 2. The highest BCUT2D eigenvalue weighted by atomic mass is 32.1. The molecule has 0 aliphatic rings. The lowest BCUT2D eigenvalue weighted by Gasteiger charge is -1.97. The Labute approximate surface area is 128 Å². The van der Waals surface area contributed by atoms with Gasteiger partial charge < -0.3 is 0 Å². The van der Waals surface area contributed by atoms with Crippen LogP contribution in [0.4, 0.5) is 0 Å². The maximum atomic E-state index is 11.9. The van der Waals surface area contributed by atoms with Gasteiger partial charge in [0.15, 0.2) is 11.6 Å². The maximum absolute atomic E-state index is 11.9. The van der Waals surface area contributed by atoms with Crippen LogP contribution in [0, 0.1) is 13.8 Å². The first-order chi connectivity index (χ1) is 9.56. The zero-order valence-corrected chi connectivity index (χ0v) is 14.0. The summed E-state index contributed by atoms with van der Waals surface area (Å²) in [6.45, 7) is 7.93. The molecule has 0 radical (unpaired) electrons. The smallest absolute Gasteiger partial charge is 0.173 e. The van der Waals surface area contributed by atoms with Crippen LogP contribution in [0.25, 0.3) is 0 Å². The zero-order chi connectivity index (χ0) is 15.1. The van der Waals surface area contributed by atoms with Gasteiger partial charge in [-0.15, -0.1) is 22.7 Å². The van der Waals surface area contributed by atoms with Crippen LogP contribution in [-0.4, -0.2) is 11.6 Å². The highest BCUT2D eigenvalue weighted by Gasteiger charge is 2.13. The Balaban J connectivity index is 0.000000956. The third-order valence-electron chi connectivity index (χ3n) is 2.59. The van der Waals surface area contributed by atoms with E-state index >= 15 is 0 Å². The lowest BCUT2D eigenvalue weighted by atomic mass is 10.1. The molecule has 0 aliphatic carbocycles. The van der Waals surface area contributed by atoms with Crippen molar-refractivity contribution in [3.63, 3.8) is 0 Å². The lowest BCUT2D eigenvalue weighted by molar-refractivity contribution is 0.0921. The number of hydrogen-bond acceptors (Lipinski definition) is 4. The van der Waals surface area contributed by atoms with E-state index in [2.05, 4.69) is 0 Å². The Bertz CT molecular complexity index is 527. The van der Waals surface area contributed by atoms with Crippen LogP contribution >= 0.6 is 22.7 Å². The summed E-state index contributed by atoms with van der Waals surface area (Å²) in [5.41, 5.74) is 2.20. The molecule has 4 heteroatoms. The van der Waals surface area contributed by atoms with Crippen LogP contribution in [-0.2, 0) is 0 Å². The minimum atomic E-state index is 0.0646. The van der Waals surface area contributed by atoms with Crippen molar-refractivity contribution in [3.8, 4) is 0 Å². The van der Waals surface area contributed by atoms with Crippen LogP contribution in [0.15, 0.2) is 22.9 Å². The molecule has 0 fully saturated rings. The van der Waals surface area contributed by atoms with E-state index in [1.807, 2.05) is 50.6 Å². The number of thiophene rings is 2. The molecular formula is C16H20O2S2. The number of carbonyl (C=O) groups is 2. The van der Waals surface area contributed by atoms with Crippen molar-refractivity contribution in [3.05, 3.63) is 43.8 Å². The third-order valence-corrected chi connectivity index (χ3v) is 4.77. The minimum absolute atomic E-state index is 0.0646. The molecule has 0 amide bonds. The van der Waals surface area contributed by atoms with Crippen molar-refractivity contribution in [2.75, 3.05) is 0 Å². The number of carbonyl (C=O) groups excluding carboxylic acids is 2. The zero-order valence-electron chi connectivity index (χ0n) is 12.4. The number of hydrogen-bond donors (Lipinski definition) is 0. The molecule has 2 heterocycles. The summed E-state index contributed by atoms with van der Waals surface area (Å²) in [6.07, 6.45) is 0.603. The fraction of sp³-hybridized carbons (Fsp3) is 0.375. The molecule has 2 nitrogen and oxygen atoms in total. The Hall–Kier alpha value is -1.26. The second-order valence-corrected chi connectivity index (χ2v) is 6.15. The van der Waals surface area contributed by atoms with Crippen LogP contribution in [0.1, 0.15) is 57.2 Å². The fourth-order valence-corrected chi connectivity index (χ4v) is 3.37. The van der Waals surface area contributed by atoms with E-state index in [9.17, 15) is 9.59 Å². The van der Waals surface area contributed by atoms with E-state index in [0.29, 0.717) is 12.8 Å². The molecular weight excluding hydrogens is 288 g/mol. The standard InChI is InChI=1S/C14H14O2S2.C2H6/c1-9-5-13(17-7-9)11(15)3-4-12(16)14-6-10(2)8-18-14;1-2/h5-8H,3-4H2,1-2H3;1-2H3. The fourth-order valence-electron chi connectivity index (χ4n) is 1.63. The van der Waals surface area contributed by atoms with Gasteiger partial charge in [-0.05, 0) is 47.9 Å². The highest BCUT2D eigenvalue weighted by Crippen LogP contribution is 2.19. The number of rotatable bonds is 5. The SMILES string of the molecule is CC.Cc1csc(C(=O)CCC(=O)c2cc(C)cs2)c1. The first-order valence-corrected chi connectivity index (χ1v) is 8.49. The molecule has 0 saturated heterocycles. The molecule has 2 aromatic heterocycles. The Kier molecular flexibility index (Phi) is 6.82. The number of aryl methyl sites for hydroxylation is 2. The first kappa shape index (κ1) is 16.8. The van der Waals surface area contributed by atoms with Gasteiger partial charge in [0.2, 0.25) is 0 Å². The summed E-state index contributed by atoms with van der Waals surface area (Å²) in [6, 6.07) is 3.76. The van der Waals surface area contributed by atoms with Crippen molar-refractivity contribution in [1.29, 1.82) is 0 Å². The molecule has 0 spiro atoms. The van der Waals surface area contributed by atoms with Crippen molar-refractivity contribution in [2.45, 2.75) is 40.5 Å². The van der Waals surface area contributed by atoms with E-state index in [1.165, 1.54) is 22.7 Å². The van der Waals surface area contributed by atoms with Gasteiger partial charge in [0.1, 0.15) is 0 Å². The third kappa shape index (κ3) is 4.69. The van der Waals surface area contributed by atoms with Gasteiger partial charge >= 0.3 is 0 Å². The highest BCUT2D eigenvalue weighted by molar-refractivity contribution is 7.12. The van der Waals surface area contributed by atoms with Crippen molar-refractivity contribution in [2.24, 2.45) is 0 Å². The van der Waals surface area contributed by atoms with Gasteiger partial charge in [-0.2, -0.15) is 0 Å². The average Bonchev–Trinajstić information content (AvgIpc) is 3.07. The monoisotopic (exact) mass is 308 g/mol. The molecule has 0 saturated carbocycles. The lowest BCUT2D eigenvalue weighted by Crippen LogP contribution is -2.02. The van der Waals surface area contributed by atoms with Crippen LogP contribution in [0.2, 0.25) is 0 Å². The van der Waals surface area contributed by atoms with Crippen molar-refractivity contribution in [1.82, 2.24) is 0 Å². The topological polar surface area (TPSA) is 34.1 Å². The summed E-state index contributed by atoms with van der Waals surface area (Å²) in [5, 5.41) is 3.91. The van der Waals surface area contributed by atoms with Crippen molar-refractivity contribution < 1.29 is 9.59 Å². The molecule has 0 aliphatic heterocycles. The summed E-state index contributed by atoms with van der Waals surface area (Å²) < 4.78 is 0. The van der Waals surface area contributed by atoms with Gasteiger partial charge in [0, 0.05) is 12.8 Å². The van der Waals surface area contributed by atoms with Gasteiger partial charge in [0.05, 0.1) is 9.75 Å². The minimum Gasteiger partial charge on any atom is -0.293 e. The van der Waals surface area contributed by atoms with E-state index in [1.54, 1.807) is 0 Å². The summed E-state index contributed by atoms with van der Waals surface area (Å²) in [7, 11) is 0. The average molecular weight is 308 g/mol. The predicted octanol–water partition coefficient (Wildman–Crippen LogP) is 5.30. The number of ketones is 2. The molecule has 0 bridgehead atoms. The maximum Gasteiger partial charge on any atom is 0.173 e. The molecule has 0 unspecified atom stereocenters. The molecule has 2 rings (SSSR count). The second-order valence-electron chi connectivity index (χ2n) is 4.32. The van der Waals surface area contributed by atoms with E-state index in [0.717, 1.165) is 20.9 Å². The van der Waals surface area contributed by atoms with Crippen LogP contribution in [0.5, 0.6) is 0 Å². The van der Waals surface area contributed by atoms with Gasteiger partial charge in [-0.3, -0.25) is 9.59 Å². The second kappa shape index (κ2) is 8.12. The summed E-state index contributed by atoms with van der Waals surface area (Å²) >= 11 is 2.90. The summed E-state index contributed by atoms with van der Waals surface area (Å²) in [4.78, 5) is 25.2. The van der Waals surface area contributed by atoms with Gasteiger partial charge in [0.25, 0.3) is 0 Å². The van der Waals surface area contributed by atoms with Crippen molar-refractivity contribution >= 4 is 34.2 Å². The Morgan fingerprint density at radius 1 is 0.850 bits per heavy atom. The molecule has 0 aromatic carbocycles. The Morgan fingerprint density at radius 2 is 1.20 bits per heavy atom.